The zero-order chi connectivity index (χ0) is 36.2. The lowest BCUT2D eigenvalue weighted by Gasteiger charge is -2.33. The molecule has 0 aromatic carbocycles. The highest BCUT2D eigenvalue weighted by Crippen LogP contribution is 2.17. The largest absolute Gasteiger partial charge is 0.480 e. The van der Waals surface area contributed by atoms with Crippen LogP contribution in [-0.2, 0) is 33.4 Å². The Morgan fingerprint density at radius 1 is 0.604 bits per heavy atom. The van der Waals surface area contributed by atoms with Gasteiger partial charge in [-0.05, 0) is 40.5 Å². The van der Waals surface area contributed by atoms with Gasteiger partial charge in [-0.2, -0.15) is 0 Å². The molecular formula is C32H60N6O10. The SMILES string of the molecule is CCCCC(=O)NCCOC(C)(C)CCOC(C)(C)CNC(=O)CN1CCN(CC(=O)O)CCN(CC(=O)O)CCN(CC(=O)O)CC1. The van der Waals surface area contributed by atoms with Crippen molar-refractivity contribution in [3.05, 3.63) is 0 Å². The zero-order valence-electron chi connectivity index (χ0n) is 29.6. The number of aliphatic carboxylic acids is 3. The fourth-order valence-corrected chi connectivity index (χ4v) is 5.00. The van der Waals surface area contributed by atoms with Crippen molar-refractivity contribution >= 4 is 29.7 Å². The van der Waals surface area contributed by atoms with E-state index in [0.29, 0.717) is 85.0 Å². The lowest BCUT2D eigenvalue weighted by atomic mass is 10.1. The Hall–Kier alpha value is -2.89. The van der Waals surface area contributed by atoms with Gasteiger partial charge in [-0.15, -0.1) is 0 Å². The number of hydrogen-bond donors (Lipinski definition) is 5. The van der Waals surface area contributed by atoms with Crippen molar-refractivity contribution in [3.63, 3.8) is 0 Å². The van der Waals surface area contributed by atoms with Crippen molar-refractivity contribution in [2.24, 2.45) is 0 Å². The molecule has 1 saturated heterocycles. The summed E-state index contributed by atoms with van der Waals surface area (Å²) in [5.41, 5.74) is -1.13. The molecule has 5 N–H and O–H groups in total. The van der Waals surface area contributed by atoms with Crippen molar-refractivity contribution in [2.75, 3.05) is 105 Å². The van der Waals surface area contributed by atoms with Crippen molar-refractivity contribution in [3.8, 4) is 0 Å². The van der Waals surface area contributed by atoms with Gasteiger partial charge >= 0.3 is 17.9 Å². The van der Waals surface area contributed by atoms with E-state index in [0.717, 1.165) is 12.8 Å². The van der Waals surface area contributed by atoms with Crippen molar-refractivity contribution in [1.29, 1.82) is 0 Å². The molecule has 1 rings (SSSR count). The van der Waals surface area contributed by atoms with E-state index in [4.69, 9.17) is 9.47 Å². The van der Waals surface area contributed by atoms with Crippen LogP contribution in [0.5, 0.6) is 0 Å². The maximum absolute atomic E-state index is 13.0. The molecule has 0 unspecified atom stereocenters. The van der Waals surface area contributed by atoms with Crippen molar-refractivity contribution in [1.82, 2.24) is 30.2 Å². The average Bonchev–Trinajstić information content (AvgIpc) is 2.97. The van der Waals surface area contributed by atoms with Crippen LogP contribution in [-0.4, -0.2) is 181 Å². The molecule has 1 heterocycles. The molecule has 0 spiro atoms. The van der Waals surface area contributed by atoms with Gasteiger partial charge in [-0.25, -0.2) is 0 Å². The number of carboxylic acids is 3. The van der Waals surface area contributed by atoms with Crippen LogP contribution < -0.4 is 10.6 Å². The third kappa shape index (κ3) is 21.9. The Morgan fingerprint density at radius 3 is 1.44 bits per heavy atom. The first-order chi connectivity index (χ1) is 22.5. The Morgan fingerprint density at radius 2 is 1.02 bits per heavy atom. The number of rotatable bonds is 21. The summed E-state index contributed by atoms with van der Waals surface area (Å²) in [6.45, 7) is 13.1. The van der Waals surface area contributed by atoms with Gasteiger partial charge in [0.1, 0.15) is 0 Å². The minimum atomic E-state index is -1.02. The maximum atomic E-state index is 13.0. The maximum Gasteiger partial charge on any atom is 0.317 e. The van der Waals surface area contributed by atoms with Crippen LogP contribution >= 0.6 is 0 Å². The van der Waals surface area contributed by atoms with Crippen LogP contribution in [0.1, 0.15) is 60.3 Å². The highest BCUT2D eigenvalue weighted by atomic mass is 16.5. The lowest BCUT2D eigenvalue weighted by Crippen LogP contribution is -2.50. The molecule has 0 atom stereocenters. The van der Waals surface area contributed by atoms with Gasteiger partial charge in [0.05, 0.1) is 50.6 Å². The minimum Gasteiger partial charge on any atom is -0.480 e. The first kappa shape index (κ1) is 43.1. The van der Waals surface area contributed by atoms with E-state index in [-0.39, 0.29) is 44.5 Å². The van der Waals surface area contributed by atoms with E-state index < -0.39 is 29.1 Å². The first-order valence-electron chi connectivity index (χ1n) is 16.9. The molecule has 1 aliphatic heterocycles. The van der Waals surface area contributed by atoms with Gasteiger partial charge in [0, 0.05) is 71.9 Å². The van der Waals surface area contributed by atoms with Gasteiger partial charge < -0.3 is 35.4 Å². The monoisotopic (exact) mass is 688 g/mol. The molecule has 1 aliphatic rings. The van der Waals surface area contributed by atoms with Crippen molar-refractivity contribution < 1.29 is 48.8 Å². The number of carboxylic acid groups (broad SMARTS) is 3. The normalized spacial score (nSPS) is 16.9. The van der Waals surface area contributed by atoms with Crippen LogP contribution in [0.4, 0.5) is 0 Å². The molecule has 0 saturated carbocycles. The van der Waals surface area contributed by atoms with Gasteiger partial charge in [0.25, 0.3) is 0 Å². The number of nitrogens with one attached hydrogen (secondary N) is 2. The smallest absolute Gasteiger partial charge is 0.317 e. The number of unbranched alkanes of at least 4 members (excludes halogenated alkanes) is 1. The van der Waals surface area contributed by atoms with Crippen molar-refractivity contribution in [2.45, 2.75) is 71.5 Å². The average molecular weight is 689 g/mol. The number of amides is 2. The summed E-state index contributed by atoms with van der Waals surface area (Å²) in [6.07, 6.45) is 2.96. The molecule has 16 nitrogen and oxygen atoms in total. The number of ether oxygens (including phenoxy) is 2. The van der Waals surface area contributed by atoms with E-state index in [1.807, 2.05) is 39.5 Å². The molecule has 16 heteroatoms. The molecule has 48 heavy (non-hydrogen) atoms. The van der Waals surface area contributed by atoms with Crippen LogP contribution in [0.3, 0.4) is 0 Å². The van der Waals surface area contributed by atoms with E-state index >= 15 is 0 Å². The summed E-state index contributed by atoms with van der Waals surface area (Å²) >= 11 is 0. The predicted octanol–water partition coefficient (Wildman–Crippen LogP) is -0.135. The van der Waals surface area contributed by atoms with Gasteiger partial charge in [-0.1, -0.05) is 13.3 Å². The molecule has 0 aliphatic carbocycles. The standard InChI is InChI=1S/C32H60N6O10/c1-6-7-8-26(39)33-10-20-48-31(2,3)9-19-47-32(4,5)25-34-27(40)21-35-11-13-36(22-28(41)42)15-17-38(24-30(45)46)18-16-37(14-12-35)23-29(43)44/h6-25H2,1-5H3,(H,33,39)(H,34,40)(H,41,42)(H,43,44)(H,45,46). The fourth-order valence-electron chi connectivity index (χ4n) is 5.00. The number of carbonyl (C=O) groups excluding carboxylic acids is 2. The Labute approximate surface area is 285 Å². The van der Waals surface area contributed by atoms with Crippen LogP contribution in [0.2, 0.25) is 0 Å². The van der Waals surface area contributed by atoms with Gasteiger partial charge in [-0.3, -0.25) is 43.6 Å². The second kappa shape index (κ2) is 22.7. The van der Waals surface area contributed by atoms with E-state index in [2.05, 4.69) is 10.6 Å². The summed E-state index contributed by atoms with van der Waals surface area (Å²) in [5.74, 6) is -3.25. The zero-order valence-corrected chi connectivity index (χ0v) is 29.6. The number of hydrogen-bond acceptors (Lipinski definition) is 11. The van der Waals surface area contributed by atoms with Gasteiger partial charge in [0.15, 0.2) is 0 Å². The molecule has 278 valence electrons. The summed E-state index contributed by atoms with van der Waals surface area (Å²) in [7, 11) is 0. The van der Waals surface area contributed by atoms with Crippen LogP contribution in [0, 0.1) is 0 Å². The van der Waals surface area contributed by atoms with E-state index in [9.17, 15) is 39.3 Å². The fraction of sp³-hybridized carbons (Fsp3) is 0.844. The van der Waals surface area contributed by atoms with E-state index in [1.165, 1.54) is 0 Å². The Bertz CT molecular complexity index is 980. The molecule has 0 aromatic heterocycles. The molecule has 0 radical (unpaired) electrons. The molecule has 2 amide bonds. The molecule has 1 fully saturated rings. The number of nitrogens with zero attached hydrogens (tertiary/aromatic N) is 4. The highest BCUT2D eigenvalue weighted by Gasteiger charge is 2.25. The number of carbonyl (C=O) groups is 5. The quantitative estimate of drug-likeness (QED) is 0.0998. The van der Waals surface area contributed by atoms with Crippen LogP contribution in [0.25, 0.3) is 0 Å². The second-order valence-electron chi connectivity index (χ2n) is 13.5. The van der Waals surface area contributed by atoms with E-state index in [1.54, 1.807) is 14.7 Å². The van der Waals surface area contributed by atoms with Gasteiger partial charge in [0.2, 0.25) is 11.8 Å². The van der Waals surface area contributed by atoms with Crippen LogP contribution in [0.15, 0.2) is 0 Å². The third-order valence-corrected chi connectivity index (χ3v) is 7.96. The topological polar surface area (TPSA) is 202 Å². The Balaban J connectivity index is 2.68. The first-order valence-corrected chi connectivity index (χ1v) is 16.9. The lowest BCUT2D eigenvalue weighted by molar-refractivity contribution is -0.140. The molecule has 0 bridgehead atoms. The molecular weight excluding hydrogens is 628 g/mol. The summed E-state index contributed by atoms with van der Waals surface area (Å²) < 4.78 is 12.0. The predicted molar refractivity (Wildman–Crippen MR) is 179 cm³/mol. The Kier molecular flexibility index (Phi) is 20.4. The molecule has 0 aromatic rings. The highest BCUT2D eigenvalue weighted by molar-refractivity contribution is 5.78. The summed E-state index contributed by atoms with van der Waals surface area (Å²) in [4.78, 5) is 66.2. The summed E-state index contributed by atoms with van der Waals surface area (Å²) in [5, 5.41) is 33.9. The summed E-state index contributed by atoms with van der Waals surface area (Å²) in [6, 6.07) is 0. The third-order valence-electron chi connectivity index (χ3n) is 7.96. The second-order valence-corrected chi connectivity index (χ2v) is 13.5. The minimum absolute atomic E-state index is 0.0267.